The number of carbonyl (C=O) groups is 1. The third-order valence-corrected chi connectivity index (χ3v) is 3.07. The van der Waals surface area contributed by atoms with E-state index in [1.807, 2.05) is 0 Å². The van der Waals surface area contributed by atoms with E-state index in [1.165, 1.54) is 6.07 Å². The maximum absolute atomic E-state index is 13.3. The summed E-state index contributed by atoms with van der Waals surface area (Å²) in [5.74, 6) is -0.531. The number of hydrogen-bond acceptors (Lipinski definition) is 2. The average Bonchev–Trinajstić information content (AvgIpc) is 2.34. The van der Waals surface area contributed by atoms with Crippen LogP contribution in [-0.2, 0) is 0 Å². The Kier molecular flexibility index (Phi) is 5.56. The van der Waals surface area contributed by atoms with Crippen molar-refractivity contribution in [3.63, 3.8) is 0 Å². The van der Waals surface area contributed by atoms with E-state index in [0.29, 0.717) is 11.1 Å². The summed E-state index contributed by atoms with van der Waals surface area (Å²) in [7, 11) is 0. The fourth-order valence-electron chi connectivity index (χ4n) is 1.98. The monoisotopic (exact) mass is 272 g/mol. The van der Waals surface area contributed by atoms with Gasteiger partial charge in [-0.2, -0.15) is 0 Å². The van der Waals surface area contributed by atoms with Crippen LogP contribution in [0.1, 0.15) is 28.8 Å². The fourth-order valence-corrected chi connectivity index (χ4v) is 1.98. The third-order valence-electron chi connectivity index (χ3n) is 3.07. The molecule has 1 saturated heterocycles. The quantitative estimate of drug-likeness (QED) is 0.865. The second-order valence-corrected chi connectivity index (χ2v) is 4.48. The number of nitrogens with one attached hydrogen (secondary N) is 2. The molecular formula is C13H18ClFN2O. The highest BCUT2D eigenvalue weighted by Crippen LogP contribution is 2.10. The van der Waals surface area contributed by atoms with E-state index in [4.69, 9.17) is 0 Å². The molecule has 1 aliphatic heterocycles. The predicted octanol–water partition coefficient (Wildman–Crippen LogP) is 2.04. The van der Waals surface area contributed by atoms with Crippen LogP contribution in [0.15, 0.2) is 18.2 Å². The summed E-state index contributed by atoms with van der Waals surface area (Å²) in [6.45, 7) is 3.48. The number of carbonyl (C=O) groups excluding carboxylic acids is 1. The van der Waals surface area contributed by atoms with Crippen molar-refractivity contribution in [3.8, 4) is 0 Å². The molecule has 3 nitrogen and oxygen atoms in total. The Hall–Kier alpha value is -1.13. The molecule has 100 valence electrons. The van der Waals surface area contributed by atoms with Crippen LogP contribution in [-0.4, -0.2) is 25.0 Å². The molecule has 1 aromatic carbocycles. The number of piperidine rings is 1. The summed E-state index contributed by atoms with van der Waals surface area (Å²) in [5, 5.41) is 6.14. The summed E-state index contributed by atoms with van der Waals surface area (Å²) in [4.78, 5) is 11.9. The van der Waals surface area contributed by atoms with Crippen LogP contribution in [0.3, 0.4) is 0 Å². The zero-order valence-electron chi connectivity index (χ0n) is 10.3. The normalized spacial score (nSPS) is 18.9. The summed E-state index contributed by atoms with van der Waals surface area (Å²) < 4.78 is 13.3. The Morgan fingerprint density at radius 2 is 2.28 bits per heavy atom. The van der Waals surface area contributed by atoms with Crippen molar-refractivity contribution >= 4 is 18.3 Å². The van der Waals surface area contributed by atoms with E-state index in [1.54, 1.807) is 19.1 Å². The lowest BCUT2D eigenvalue weighted by atomic mass is 10.1. The summed E-state index contributed by atoms with van der Waals surface area (Å²) in [6, 6.07) is 4.73. The van der Waals surface area contributed by atoms with Crippen LogP contribution in [0.4, 0.5) is 4.39 Å². The van der Waals surface area contributed by atoms with Crippen LogP contribution < -0.4 is 10.6 Å². The van der Waals surface area contributed by atoms with Gasteiger partial charge in [0.15, 0.2) is 0 Å². The molecular weight excluding hydrogens is 255 g/mol. The molecule has 18 heavy (non-hydrogen) atoms. The molecule has 0 unspecified atom stereocenters. The van der Waals surface area contributed by atoms with Crippen molar-refractivity contribution in [2.24, 2.45) is 0 Å². The Morgan fingerprint density at radius 3 is 2.89 bits per heavy atom. The highest BCUT2D eigenvalue weighted by Gasteiger charge is 2.16. The van der Waals surface area contributed by atoms with E-state index < -0.39 is 0 Å². The van der Waals surface area contributed by atoms with Gasteiger partial charge >= 0.3 is 0 Å². The first-order chi connectivity index (χ1) is 8.16. The molecule has 0 saturated carbocycles. The first-order valence-corrected chi connectivity index (χ1v) is 5.94. The molecule has 0 bridgehead atoms. The maximum atomic E-state index is 13.3. The van der Waals surface area contributed by atoms with Crippen LogP contribution in [0, 0.1) is 12.7 Å². The average molecular weight is 273 g/mol. The number of halogens is 2. The van der Waals surface area contributed by atoms with Gasteiger partial charge in [-0.3, -0.25) is 4.79 Å². The summed E-state index contributed by atoms with van der Waals surface area (Å²) in [6.07, 6.45) is 2.04. The van der Waals surface area contributed by atoms with Gasteiger partial charge in [-0.1, -0.05) is 6.07 Å². The van der Waals surface area contributed by atoms with Gasteiger partial charge in [0.05, 0.1) is 0 Å². The first kappa shape index (κ1) is 14.9. The van der Waals surface area contributed by atoms with E-state index >= 15 is 0 Å². The van der Waals surface area contributed by atoms with Gasteiger partial charge in [-0.05, 0) is 44.0 Å². The number of benzene rings is 1. The second-order valence-electron chi connectivity index (χ2n) is 4.48. The van der Waals surface area contributed by atoms with Crippen LogP contribution in [0.25, 0.3) is 0 Å². The lowest BCUT2D eigenvalue weighted by Crippen LogP contribution is -2.45. The molecule has 0 spiro atoms. The highest BCUT2D eigenvalue weighted by molar-refractivity contribution is 5.94. The van der Waals surface area contributed by atoms with Gasteiger partial charge in [0.1, 0.15) is 5.82 Å². The number of rotatable bonds is 2. The number of hydrogen-bond donors (Lipinski definition) is 2. The Bertz CT molecular complexity index is 419. The van der Waals surface area contributed by atoms with E-state index in [0.717, 1.165) is 25.9 Å². The van der Waals surface area contributed by atoms with Crippen molar-refractivity contribution in [1.29, 1.82) is 0 Å². The van der Waals surface area contributed by atoms with Gasteiger partial charge in [-0.25, -0.2) is 4.39 Å². The van der Waals surface area contributed by atoms with Crippen molar-refractivity contribution in [1.82, 2.24) is 10.6 Å². The van der Waals surface area contributed by atoms with Crippen molar-refractivity contribution in [2.45, 2.75) is 25.8 Å². The zero-order chi connectivity index (χ0) is 12.3. The fraction of sp³-hybridized carbons (Fsp3) is 0.462. The first-order valence-electron chi connectivity index (χ1n) is 5.94. The second kappa shape index (κ2) is 6.71. The molecule has 2 N–H and O–H groups in total. The Labute approximate surface area is 113 Å². The molecule has 1 aromatic rings. The molecule has 1 heterocycles. The molecule has 0 aromatic heterocycles. The molecule has 2 rings (SSSR count). The lowest BCUT2D eigenvalue weighted by molar-refractivity contribution is 0.0930. The van der Waals surface area contributed by atoms with Crippen LogP contribution >= 0.6 is 12.4 Å². The third kappa shape index (κ3) is 3.68. The minimum atomic E-state index is -0.334. The van der Waals surface area contributed by atoms with Gasteiger partial charge in [0.25, 0.3) is 5.91 Å². The van der Waals surface area contributed by atoms with Crippen LogP contribution in [0.2, 0.25) is 0 Å². The summed E-state index contributed by atoms with van der Waals surface area (Å²) in [5.41, 5.74) is 0.944. The SMILES string of the molecule is Cc1ccc(C(=O)N[C@H]2CCCNC2)cc1F.Cl. The van der Waals surface area contributed by atoms with E-state index in [2.05, 4.69) is 10.6 Å². The van der Waals surface area contributed by atoms with Crippen molar-refractivity contribution in [3.05, 3.63) is 35.1 Å². The molecule has 0 radical (unpaired) electrons. The number of amides is 1. The summed E-state index contributed by atoms with van der Waals surface area (Å²) >= 11 is 0. The van der Waals surface area contributed by atoms with Gasteiger partial charge in [-0.15, -0.1) is 12.4 Å². The Morgan fingerprint density at radius 1 is 1.50 bits per heavy atom. The molecule has 0 aliphatic carbocycles. The molecule has 1 fully saturated rings. The molecule has 1 aliphatic rings. The highest BCUT2D eigenvalue weighted by atomic mass is 35.5. The minimum Gasteiger partial charge on any atom is -0.348 e. The smallest absolute Gasteiger partial charge is 0.251 e. The molecule has 5 heteroatoms. The van der Waals surface area contributed by atoms with Crippen molar-refractivity contribution in [2.75, 3.05) is 13.1 Å². The molecule has 1 amide bonds. The minimum absolute atomic E-state index is 0. The maximum Gasteiger partial charge on any atom is 0.251 e. The number of aryl methyl sites for hydroxylation is 1. The Balaban J connectivity index is 0.00000162. The largest absolute Gasteiger partial charge is 0.348 e. The standard InChI is InChI=1S/C13H17FN2O.ClH/c1-9-4-5-10(7-12(9)14)13(17)16-11-3-2-6-15-8-11;/h4-5,7,11,15H,2-3,6,8H2,1H3,(H,16,17);1H/t11-;/m0./s1. The van der Waals surface area contributed by atoms with Gasteiger partial charge < -0.3 is 10.6 Å². The zero-order valence-corrected chi connectivity index (χ0v) is 11.1. The van der Waals surface area contributed by atoms with Crippen LogP contribution in [0.5, 0.6) is 0 Å². The van der Waals surface area contributed by atoms with E-state index in [9.17, 15) is 9.18 Å². The molecule has 1 atom stereocenters. The van der Waals surface area contributed by atoms with Crippen molar-refractivity contribution < 1.29 is 9.18 Å². The lowest BCUT2D eigenvalue weighted by Gasteiger charge is -2.23. The topological polar surface area (TPSA) is 41.1 Å². The predicted molar refractivity (Wildman–Crippen MR) is 71.7 cm³/mol. The van der Waals surface area contributed by atoms with E-state index in [-0.39, 0.29) is 30.2 Å². The van der Waals surface area contributed by atoms with Gasteiger partial charge in [0, 0.05) is 18.2 Å². The van der Waals surface area contributed by atoms with Gasteiger partial charge in [0.2, 0.25) is 0 Å².